The predicted octanol–water partition coefficient (Wildman–Crippen LogP) is 2.06. The zero-order chi connectivity index (χ0) is 12.1. The molecule has 0 amide bonds. The summed E-state index contributed by atoms with van der Waals surface area (Å²) in [6.07, 6.45) is 0.487. The van der Waals surface area contributed by atoms with E-state index in [1.54, 1.807) is 6.92 Å². The Labute approximate surface area is 93.5 Å². The molecule has 0 radical (unpaired) electrons. The first kappa shape index (κ1) is 12.8. The molecule has 0 aliphatic rings. The van der Waals surface area contributed by atoms with Crippen LogP contribution in [0.1, 0.15) is 18.9 Å². The largest absolute Gasteiger partial charge is 0.330 e. The van der Waals surface area contributed by atoms with Crippen molar-refractivity contribution < 1.29 is 13.6 Å². The summed E-state index contributed by atoms with van der Waals surface area (Å²) in [5, 5.41) is 0. The number of rotatable bonds is 5. The second kappa shape index (κ2) is 5.70. The topological polar surface area (TPSA) is 43.1 Å². The van der Waals surface area contributed by atoms with Gasteiger partial charge < -0.3 is 5.73 Å². The van der Waals surface area contributed by atoms with Gasteiger partial charge in [-0.05, 0) is 24.6 Å². The second-order valence-corrected chi connectivity index (χ2v) is 3.83. The molecule has 0 aliphatic heterocycles. The van der Waals surface area contributed by atoms with Crippen LogP contribution in [-0.4, -0.2) is 12.3 Å². The van der Waals surface area contributed by atoms with Crippen molar-refractivity contribution in [2.45, 2.75) is 19.8 Å². The van der Waals surface area contributed by atoms with E-state index in [4.69, 9.17) is 5.73 Å². The summed E-state index contributed by atoms with van der Waals surface area (Å²) in [6.45, 7) is 2.16. The van der Waals surface area contributed by atoms with Gasteiger partial charge in [0.1, 0.15) is 5.78 Å². The smallest absolute Gasteiger partial charge is 0.162 e. The molecular formula is C12H15F2NO. The maximum atomic E-state index is 13.3. The van der Waals surface area contributed by atoms with Gasteiger partial charge in [0.15, 0.2) is 11.6 Å². The summed E-state index contributed by atoms with van der Waals surface area (Å²) >= 11 is 0. The van der Waals surface area contributed by atoms with Gasteiger partial charge in [-0.3, -0.25) is 4.79 Å². The standard InChI is InChI=1S/C12H15F2NO/c1-8(5-6-15)11(16)7-9-3-2-4-10(13)12(9)14/h2-4,8H,5-7,15H2,1H3. The van der Waals surface area contributed by atoms with Crippen LogP contribution in [0.2, 0.25) is 0 Å². The number of benzene rings is 1. The molecule has 1 aromatic rings. The lowest BCUT2D eigenvalue weighted by Crippen LogP contribution is -2.18. The molecule has 2 nitrogen and oxygen atoms in total. The zero-order valence-electron chi connectivity index (χ0n) is 9.17. The zero-order valence-corrected chi connectivity index (χ0v) is 9.17. The van der Waals surface area contributed by atoms with Crippen LogP contribution in [0.25, 0.3) is 0 Å². The van der Waals surface area contributed by atoms with Gasteiger partial charge in [0.25, 0.3) is 0 Å². The minimum absolute atomic E-state index is 0.0786. The van der Waals surface area contributed by atoms with Crippen molar-refractivity contribution >= 4 is 5.78 Å². The van der Waals surface area contributed by atoms with E-state index in [9.17, 15) is 13.6 Å². The molecule has 16 heavy (non-hydrogen) atoms. The van der Waals surface area contributed by atoms with Gasteiger partial charge in [0.05, 0.1) is 0 Å². The van der Waals surface area contributed by atoms with Crippen molar-refractivity contribution in [2.24, 2.45) is 11.7 Å². The van der Waals surface area contributed by atoms with Crippen molar-refractivity contribution in [1.29, 1.82) is 0 Å². The Morgan fingerprint density at radius 1 is 1.44 bits per heavy atom. The molecular weight excluding hydrogens is 212 g/mol. The monoisotopic (exact) mass is 227 g/mol. The van der Waals surface area contributed by atoms with E-state index in [1.165, 1.54) is 12.1 Å². The molecule has 1 atom stereocenters. The van der Waals surface area contributed by atoms with Crippen molar-refractivity contribution in [3.8, 4) is 0 Å². The molecule has 0 fully saturated rings. The van der Waals surface area contributed by atoms with Crippen molar-refractivity contribution in [3.63, 3.8) is 0 Å². The number of carbonyl (C=O) groups excluding carboxylic acids is 1. The Bertz CT molecular complexity index is 379. The molecule has 1 unspecified atom stereocenters. The molecule has 0 aromatic heterocycles. The van der Waals surface area contributed by atoms with E-state index in [2.05, 4.69) is 0 Å². The van der Waals surface area contributed by atoms with Crippen LogP contribution in [-0.2, 0) is 11.2 Å². The number of carbonyl (C=O) groups is 1. The Morgan fingerprint density at radius 3 is 2.75 bits per heavy atom. The number of Topliss-reactive ketones (excluding diaryl/α,β-unsaturated/α-hetero) is 1. The molecule has 0 spiro atoms. The average Bonchev–Trinajstić information content (AvgIpc) is 2.25. The highest BCUT2D eigenvalue weighted by Gasteiger charge is 2.16. The fraction of sp³-hybridized carbons (Fsp3) is 0.417. The van der Waals surface area contributed by atoms with Gasteiger partial charge in [0, 0.05) is 12.3 Å². The summed E-state index contributed by atoms with van der Waals surface area (Å²) < 4.78 is 26.1. The summed E-state index contributed by atoms with van der Waals surface area (Å²) in [7, 11) is 0. The quantitative estimate of drug-likeness (QED) is 0.836. The van der Waals surface area contributed by atoms with Crippen LogP contribution in [0.15, 0.2) is 18.2 Å². The highest BCUT2D eigenvalue weighted by Crippen LogP contribution is 2.14. The van der Waals surface area contributed by atoms with Gasteiger partial charge >= 0.3 is 0 Å². The summed E-state index contributed by atoms with van der Waals surface area (Å²) in [6, 6.07) is 3.85. The first-order valence-corrected chi connectivity index (χ1v) is 5.22. The van der Waals surface area contributed by atoms with Gasteiger partial charge in [-0.25, -0.2) is 8.78 Å². The first-order chi connectivity index (χ1) is 7.56. The number of nitrogens with two attached hydrogens (primary N) is 1. The van der Waals surface area contributed by atoms with Crippen LogP contribution >= 0.6 is 0 Å². The van der Waals surface area contributed by atoms with E-state index >= 15 is 0 Å². The van der Waals surface area contributed by atoms with Gasteiger partial charge in [-0.1, -0.05) is 19.1 Å². The first-order valence-electron chi connectivity index (χ1n) is 5.22. The lowest BCUT2D eigenvalue weighted by molar-refractivity contribution is -0.121. The third-order valence-corrected chi connectivity index (χ3v) is 2.55. The maximum Gasteiger partial charge on any atom is 0.162 e. The molecule has 0 bridgehead atoms. The Balaban J connectivity index is 2.73. The van der Waals surface area contributed by atoms with Crippen LogP contribution in [0, 0.1) is 17.6 Å². The highest BCUT2D eigenvalue weighted by molar-refractivity contribution is 5.82. The van der Waals surface area contributed by atoms with E-state index in [0.29, 0.717) is 13.0 Å². The lowest BCUT2D eigenvalue weighted by atomic mass is 9.96. The Kier molecular flexibility index (Phi) is 4.55. The molecule has 4 heteroatoms. The molecule has 0 saturated heterocycles. The van der Waals surface area contributed by atoms with Crippen LogP contribution in [0.4, 0.5) is 8.78 Å². The van der Waals surface area contributed by atoms with E-state index in [1.807, 2.05) is 0 Å². The summed E-state index contributed by atoms with van der Waals surface area (Å²) in [5.41, 5.74) is 5.43. The van der Waals surface area contributed by atoms with Crippen molar-refractivity contribution in [2.75, 3.05) is 6.54 Å². The molecule has 0 saturated carbocycles. The third-order valence-electron chi connectivity index (χ3n) is 2.55. The number of hydrogen-bond donors (Lipinski definition) is 1. The molecule has 1 rings (SSSR count). The van der Waals surface area contributed by atoms with Crippen LogP contribution in [0.3, 0.4) is 0 Å². The maximum absolute atomic E-state index is 13.3. The molecule has 88 valence electrons. The van der Waals surface area contributed by atoms with E-state index < -0.39 is 11.6 Å². The predicted molar refractivity (Wildman–Crippen MR) is 57.9 cm³/mol. The van der Waals surface area contributed by atoms with Crippen LogP contribution < -0.4 is 5.73 Å². The number of halogens is 2. The average molecular weight is 227 g/mol. The van der Waals surface area contributed by atoms with Crippen molar-refractivity contribution in [3.05, 3.63) is 35.4 Å². The van der Waals surface area contributed by atoms with Gasteiger partial charge in [-0.15, -0.1) is 0 Å². The molecule has 1 aromatic carbocycles. The second-order valence-electron chi connectivity index (χ2n) is 3.83. The van der Waals surface area contributed by atoms with E-state index in [-0.39, 0.29) is 23.7 Å². The summed E-state index contributed by atoms with van der Waals surface area (Å²) in [4.78, 5) is 11.6. The SMILES string of the molecule is CC(CCN)C(=O)Cc1cccc(F)c1F. The molecule has 0 aliphatic carbocycles. The van der Waals surface area contributed by atoms with Gasteiger partial charge in [-0.2, -0.15) is 0 Å². The lowest BCUT2D eigenvalue weighted by Gasteiger charge is -2.09. The minimum Gasteiger partial charge on any atom is -0.330 e. The van der Waals surface area contributed by atoms with Crippen LogP contribution in [0.5, 0.6) is 0 Å². The molecule has 2 N–H and O–H groups in total. The fourth-order valence-corrected chi connectivity index (χ4v) is 1.46. The Morgan fingerprint density at radius 2 is 2.12 bits per heavy atom. The van der Waals surface area contributed by atoms with Crippen molar-refractivity contribution in [1.82, 2.24) is 0 Å². The number of hydrogen-bond acceptors (Lipinski definition) is 2. The third kappa shape index (κ3) is 3.10. The van der Waals surface area contributed by atoms with Gasteiger partial charge in [0.2, 0.25) is 0 Å². The minimum atomic E-state index is -0.934. The number of ketones is 1. The fourth-order valence-electron chi connectivity index (χ4n) is 1.46. The normalized spacial score (nSPS) is 12.5. The Hall–Kier alpha value is -1.29. The summed E-state index contributed by atoms with van der Waals surface area (Å²) in [5.74, 6) is -2.19. The van der Waals surface area contributed by atoms with E-state index in [0.717, 1.165) is 6.07 Å². The highest BCUT2D eigenvalue weighted by atomic mass is 19.2. The molecule has 0 heterocycles.